The number of carbonyl (C=O) groups is 2. The summed E-state index contributed by atoms with van der Waals surface area (Å²) in [6.07, 6.45) is 6.48. The molecule has 2 aliphatic carbocycles. The summed E-state index contributed by atoms with van der Waals surface area (Å²) in [6, 6.07) is 16.6. The average molecular weight is 742 g/mol. The van der Waals surface area contributed by atoms with Crippen LogP contribution in [0.15, 0.2) is 48.5 Å². The third kappa shape index (κ3) is 6.62. The van der Waals surface area contributed by atoms with E-state index in [0.29, 0.717) is 47.7 Å². The third-order valence-corrected chi connectivity index (χ3v) is 11.8. The molecular formula is C40H42Cl2N6O4. The van der Waals surface area contributed by atoms with Crippen LogP contribution in [-0.4, -0.2) is 61.2 Å². The summed E-state index contributed by atoms with van der Waals surface area (Å²) in [4.78, 5) is 33.3. The molecule has 2 aliphatic heterocycles. The summed E-state index contributed by atoms with van der Waals surface area (Å²) < 4.78 is 11.7. The number of fused-ring (bicyclic) bond motifs is 2. The largest absolute Gasteiger partial charge is 0.481 e. The monoisotopic (exact) mass is 740 g/mol. The van der Waals surface area contributed by atoms with E-state index in [9.17, 15) is 9.59 Å². The summed E-state index contributed by atoms with van der Waals surface area (Å²) in [5, 5.41) is 14.4. The molecule has 4 aliphatic rings. The Balaban J connectivity index is 1.07. The van der Waals surface area contributed by atoms with Gasteiger partial charge in [0.1, 0.15) is 0 Å². The average Bonchev–Trinajstić information content (AvgIpc) is 3.96. The van der Waals surface area contributed by atoms with Gasteiger partial charge in [-0.2, -0.15) is 0 Å². The fraction of sp³-hybridized carbons (Fsp3) is 0.400. The number of amides is 2. The molecule has 2 aromatic carbocycles. The Labute approximate surface area is 313 Å². The van der Waals surface area contributed by atoms with Crippen molar-refractivity contribution in [2.45, 2.75) is 75.5 Å². The number of hydrogen-bond acceptors (Lipinski definition) is 8. The lowest BCUT2D eigenvalue weighted by Crippen LogP contribution is -2.37. The smallest absolute Gasteiger partial charge is 0.220 e. The van der Waals surface area contributed by atoms with Crippen LogP contribution in [0, 0.1) is 0 Å². The van der Waals surface area contributed by atoms with Gasteiger partial charge < -0.3 is 30.7 Å². The summed E-state index contributed by atoms with van der Waals surface area (Å²) in [5.41, 5.74) is 9.14. The molecule has 2 fully saturated rings. The van der Waals surface area contributed by atoms with E-state index in [4.69, 9.17) is 42.6 Å². The number of hydrogen-bond donors (Lipinski definition) is 4. The number of pyridine rings is 2. The minimum Gasteiger partial charge on any atom is -0.481 e. The Bertz CT molecular complexity index is 1910. The van der Waals surface area contributed by atoms with Gasteiger partial charge in [-0.1, -0.05) is 59.6 Å². The van der Waals surface area contributed by atoms with Crippen LogP contribution in [0.25, 0.3) is 33.6 Å². The van der Waals surface area contributed by atoms with Crippen molar-refractivity contribution in [3.05, 3.63) is 80.8 Å². The highest BCUT2D eigenvalue weighted by Crippen LogP contribution is 2.46. The maximum Gasteiger partial charge on any atom is 0.220 e. The van der Waals surface area contributed by atoms with Gasteiger partial charge in [-0.25, -0.2) is 9.97 Å². The molecule has 4 N–H and O–H groups in total. The van der Waals surface area contributed by atoms with Crippen molar-refractivity contribution in [3.63, 3.8) is 0 Å². The third-order valence-electron chi connectivity index (χ3n) is 10.9. The predicted molar refractivity (Wildman–Crippen MR) is 202 cm³/mol. The first-order valence-electron chi connectivity index (χ1n) is 18.1. The number of aryl methyl sites for hydroxylation is 2. The zero-order valence-electron chi connectivity index (χ0n) is 29.3. The number of nitrogens with zero attached hydrogens (tertiary/aromatic N) is 2. The number of benzene rings is 2. The number of ether oxygens (including phenoxy) is 2. The highest BCUT2D eigenvalue weighted by molar-refractivity contribution is 6.39. The van der Waals surface area contributed by atoms with Crippen LogP contribution in [0.1, 0.15) is 72.9 Å². The zero-order valence-corrected chi connectivity index (χ0v) is 30.8. The predicted octanol–water partition coefficient (Wildman–Crippen LogP) is 6.51. The fourth-order valence-corrected chi connectivity index (χ4v) is 8.96. The maximum absolute atomic E-state index is 11.7. The fourth-order valence-electron chi connectivity index (χ4n) is 8.31. The molecule has 2 aromatic heterocycles. The minimum absolute atomic E-state index is 0.0992. The van der Waals surface area contributed by atoms with Gasteiger partial charge in [0.25, 0.3) is 0 Å². The molecule has 4 atom stereocenters. The van der Waals surface area contributed by atoms with Gasteiger partial charge in [-0.3, -0.25) is 9.59 Å². The van der Waals surface area contributed by atoms with Crippen molar-refractivity contribution >= 4 is 35.0 Å². The molecule has 4 unspecified atom stereocenters. The highest BCUT2D eigenvalue weighted by atomic mass is 35.5. The molecule has 4 heterocycles. The molecule has 2 saturated heterocycles. The van der Waals surface area contributed by atoms with E-state index in [1.54, 1.807) is 14.2 Å². The Morgan fingerprint density at radius 3 is 1.46 bits per heavy atom. The number of carbonyl (C=O) groups excluding carboxylic acids is 2. The van der Waals surface area contributed by atoms with Gasteiger partial charge in [0.2, 0.25) is 23.6 Å². The Morgan fingerprint density at radius 1 is 0.654 bits per heavy atom. The molecule has 0 bridgehead atoms. The number of methoxy groups -OCH3 is 2. The van der Waals surface area contributed by atoms with E-state index in [1.807, 2.05) is 36.4 Å². The van der Waals surface area contributed by atoms with Crippen molar-refractivity contribution in [1.29, 1.82) is 0 Å². The molecule has 10 nitrogen and oxygen atoms in total. The van der Waals surface area contributed by atoms with Crippen LogP contribution >= 0.6 is 23.2 Å². The van der Waals surface area contributed by atoms with E-state index in [1.165, 1.54) is 11.1 Å². The molecule has 52 heavy (non-hydrogen) atoms. The van der Waals surface area contributed by atoms with Gasteiger partial charge in [0, 0.05) is 83.5 Å². The van der Waals surface area contributed by atoms with Crippen molar-refractivity contribution < 1.29 is 19.1 Å². The van der Waals surface area contributed by atoms with Crippen LogP contribution in [0.3, 0.4) is 0 Å². The summed E-state index contributed by atoms with van der Waals surface area (Å²) >= 11 is 14.5. The standard InChI is InChI=1S/C40H42Cl2N6O4/c1-51-39-35-21(9-13-29(35)43-19-23-11-15-33(49)45-23)17-31(47-39)27-7-3-5-25(37(27)41)26-6-4-8-28(38(26)42)32-18-22-10-14-30(36(22)40(48-32)52-2)44-20-24-12-16-34(50)46-24/h3-8,17-18,23-24,29-30,43-44H,9-16,19-20H2,1-2H3,(H,45,49)(H,46,50). The molecule has 0 radical (unpaired) electrons. The van der Waals surface area contributed by atoms with Crippen molar-refractivity contribution in [2.24, 2.45) is 0 Å². The van der Waals surface area contributed by atoms with E-state index in [-0.39, 0.29) is 36.0 Å². The highest BCUT2D eigenvalue weighted by Gasteiger charge is 2.32. The first-order chi connectivity index (χ1) is 25.3. The van der Waals surface area contributed by atoms with E-state index < -0.39 is 0 Å². The SMILES string of the molecule is COc1nc(-c2cccc(-c3cccc(-c4cc5c(c(OC)n4)C(NCC4CCC(=O)N4)CC5)c3Cl)c2Cl)cc2c1C(NCC1CCC(=O)N1)CC2. The lowest BCUT2D eigenvalue weighted by Gasteiger charge is -2.20. The molecule has 2 amide bonds. The van der Waals surface area contributed by atoms with Crippen LogP contribution in [0.2, 0.25) is 10.0 Å². The number of rotatable bonds is 11. The Kier molecular flexibility index (Phi) is 9.82. The summed E-state index contributed by atoms with van der Waals surface area (Å²) in [6.45, 7) is 1.42. The molecule has 270 valence electrons. The van der Waals surface area contributed by atoms with Crippen molar-refractivity contribution in [2.75, 3.05) is 27.3 Å². The van der Waals surface area contributed by atoms with E-state index in [2.05, 4.69) is 33.4 Å². The van der Waals surface area contributed by atoms with Crippen molar-refractivity contribution in [1.82, 2.24) is 31.2 Å². The van der Waals surface area contributed by atoms with E-state index >= 15 is 0 Å². The first kappa shape index (κ1) is 34.8. The second kappa shape index (κ2) is 14.7. The normalized spacial score (nSPS) is 21.9. The van der Waals surface area contributed by atoms with Gasteiger partial charge in [-0.05, 0) is 61.8 Å². The number of aromatic nitrogens is 2. The van der Waals surface area contributed by atoms with Gasteiger partial charge >= 0.3 is 0 Å². The maximum atomic E-state index is 11.7. The van der Waals surface area contributed by atoms with Crippen molar-refractivity contribution in [3.8, 4) is 45.4 Å². The van der Waals surface area contributed by atoms with Crippen LogP contribution in [0.5, 0.6) is 11.8 Å². The second-order valence-electron chi connectivity index (χ2n) is 14.1. The molecule has 8 rings (SSSR count). The molecule has 0 saturated carbocycles. The van der Waals surface area contributed by atoms with Crippen LogP contribution < -0.4 is 30.7 Å². The second-order valence-corrected chi connectivity index (χ2v) is 14.9. The summed E-state index contributed by atoms with van der Waals surface area (Å²) in [7, 11) is 3.30. The number of nitrogens with one attached hydrogen (secondary N) is 4. The first-order valence-corrected chi connectivity index (χ1v) is 18.9. The van der Waals surface area contributed by atoms with E-state index in [0.717, 1.165) is 83.3 Å². The van der Waals surface area contributed by atoms with Crippen LogP contribution in [-0.2, 0) is 22.4 Å². The van der Waals surface area contributed by atoms with Gasteiger partial charge in [0.05, 0.1) is 35.7 Å². The minimum atomic E-state index is 0.0992. The lowest BCUT2D eigenvalue weighted by atomic mass is 9.97. The lowest BCUT2D eigenvalue weighted by molar-refractivity contribution is -0.120. The molecule has 0 spiro atoms. The summed E-state index contributed by atoms with van der Waals surface area (Å²) in [5.74, 6) is 1.40. The van der Waals surface area contributed by atoms with Gasteiger partial charge in [0.15, 0.2) is 0 Å². The van der Waals surface area contributed by atoms with Gasteiger partial charge in [-0.15, -0.1) is 0 Å². The quantitative estimate of drug-likeness (QED) is 0.137. The molecule has 12 heteroatoms. The van der Waals surface area contributed by atoms with Crippen LogP contribution in [0.4, 0.5) is 0 Å². The molecular weight excluding hydrogens is 699 g/mol. The zero-order chi connectivity index (χ0) is 35.9. The number of halogens is 2. The topological polar surface area (TPSA) is 126 Å². The molecule has 4 aromatic rings. The Hall–Kier alpha value is -4.22. The Morgan fingerprint density at radius 2 is 1.08 bits per heavy atom.